The molecule has 2 unspecified atom stereocenters. The summed E-state index contributed by atoms with van der Waals surface area (Å²) in [5.41, 5.74) is 6.33. The fourth-order valence-electron chi connectivity index (χ4n) is 6.87. The molecule has 0 spiro atoms. The normalized spacial score (nSPS) is 20.6. The molecule has 1 aromatic heterocycles. The van der Waals surface area contributed by atoms with Crippen molar-refractivity contribution in [2.45, 2.75) is 64.0 Å². The van der Waals surface area contributed by atoms with Gasteiger partial charge in [-0.15, -0.1) is 0 Å². The van der Waals surface area contributed by atoms with Crippen LogP contribution in [-0.4, -0.2) is 51.3 Å². The molecule has 3 heterocycles. The molecule has 8 nitrogen and oxygen atoms in total. The number of urea groups is 1. The maximum Gasteiger partial charge on any atom is 0.336 e. The number of halogens is 4. The van der Waals surface area contributed by atoms with Crippen molar-refractivity contribution < 1.29 is 27.2 Å². The number of para-hydroxylation sites is 1. The van der Waals surface area contributed by atoms with E-state index in [1.54, 1.807) is 9.91 Å². The number of aromatic nitrogens is 2. The molecule has 3 aliphatic rings. The molecule has 3 aromatic rings. The number of amides is 3. The number of benzene rings is 2. The van der Waals surface area contributed by atoms with Crippen molar-refractivity contribution in [3.63, 3.8) is 0 Å². The molecule has 44 heavy (non-hydrogen) atoms. The first kappa shape index (κ1) is 30.0. The van der Waals surface area contributed by atoms with Crippen molar-refractivity contribution in [1.29, 1.82) is 0 Å². The fraction of sp³-hybridized carbons (Fsp3) is 0.469. The Morgan fingerprint density at radius 2 is 1.66 bits per heavy atom. The topological polar surface area (TPSA) is 82.5 Å². The smallest absolute Gasteiger partial charge is 0.336 e. The Hall–Kier alpha value is -4.09. The standard InChI is InChI=1S/C32H36F4N6O2/c33-30(34)27-17-28(31(35)36)41(39-27)19-29(43)40-14-12-20(13-15-40)23-16-22-7-2-4-10-25(22)38-42(18-23)32(44)37-26-11-5-8-21-6-1-3-9-24(21)26/h1-4,6-7,9-10,17,20,23,26,30-31,38H,5,8,11-16,18-19H2,(H,37,44). The van der Waals surface area contributed by atoms with Crippen LogP contribution in [0.4, 0.5) is 28.0 Å². The van der Waals surface area contributed by atoms with Crippen molar-refractivity contribution >= 4 is 17.6 Å². The molecule has 2 atom stereocenters. The Morgan fingerprint density at radius 3 is 2.41 bits per heavy atom. The van der Waals surface area contributed by atoms with Crippen molar-refractivity contribution in [3.05, 3.63) is 82.7 Å². The summed E-state index contributed by atoms with van der Waals surface area (Å²) in [5, 5.41) is 8.49. The summed E-state index contributed by atoms with van der Waals surface area (Å²) in [7, 11) is 0. The maximum absolute atomic E-state index is 13.7. The van der Waals surface area contributed by atoms with E-state index in [4.69, 9.17) is 0 Å². The van der Waals surface area contributed by atoms with Gasteiger partial charge in [0, 0.05) is 19.6 Å². The van der Waals surface area contributed by atoms with Gasteiger partial charge in [-0.25, -0.2) is 27.4 Å². The van der Waals surface area contributed by atoms with Crippen LogP contribution in [0.2, 0.25) is 0 Å². The molecule has 0 bridgehead atoms. The summed E-state index contributed by atoms with van der Waals surface area (Å²) in [4.78, 5) is 28.3. The third-order valence-corrected chi connectivity index (χ3v) is 9.21. The second-order valence-electron chi connectivity index (χ2n) is 11.9. The third-order valence-electron chi connectivity index (χ3n) is 9.21. The highest BCUT2D eigenvalue weighted by atomic mass is 19.3. The molecule has 234 valence electrons. The molecule has 1 saturated heterocycles. The first-order valence-corrected chi connectivity index (χ1v) is 15.2. The van der Waals surface area contributed by atoms with E-state index in [1.807, 2.05) is 30.3 Å². The molecule has 12 heteroatoms. The van der Waals surface area contributed by atoms with Gasteiger partial charge in [-0.2, -0.15) is 5.10 Å². The van der Waals surface area contributed by atoms with Crippen LogP contribution in [0.5, 0.6) is 0 Å². The van der Waals surface area contributed by atoms with Crippen LogP contribution in [0, 0.1) is 11.8 Å². The zero-order chi connectivity index (χ0) is 30.8. The minimum Gasteiger partial charge on any atom is -0.341 e. The summed E-state index contributed by atoms with van der Waals surface area (Å²) in [6.45, 7) is 0.783. The largest absolute Gasteiger partial charge is 0.341 e. The van der Waals surface area contributed by atoms with E-state index in [0.29, 0.717) is 43.2 Å². The monoisotopic (exact) mass is 612 g/mol. The van der Waals surface area contributed by atoms with Crippen molar-refractivity contribution in [1.82, 2.24) is 25.0 Å². The van der Waals surface area contributed by atoms with Gasteiger partial charge < -0.3 is 10.2 Å². The molecule has 6 rings (SSSR count). The number of fused-ring (bicyclic) bond motifs is 2. The van der Waals surface area contributed by atoms with E-state index >= 15 is 0 Å². The lowest BCUT2D eigenvalue weighted by Crippen LogP contribution is -2.48. The van der Waals surface area contributed by atoms with Gasteiger partial charge in [0.1, 0.15) is 17.9 Å². The van der Waals surface area contributed by atoms with E-state index in [-0.39, 0.29) is 23.9 Å². The first-order valence-electron chi connectivity index (χ1n) is 15.2. The van der Waals surface area contributed by atoms with E-state index in [1.165, 1.54) is 5.56 Å². The van der Waals surface area contributed by atoms with Crippen molar-refractivity contribution in [2.75, 3.05) is 25.1 Å². The van der Waals surface area contributed by atoms with Crippen LogP contribution in [0.15, 0.2) is 54.6 Å². The van der Waals surface area contributed by atoms with Crippen LogP contribution in [-0.2, 0) is 24.2 Å². The van der Waals surface area contributed by atoms with Gasteiger partial charge >= 0.3 is 6.03 Å². The predicted octanol–water partition coefficient (Wildman–Crippen LogP) is 6.29. The Bertz CT molecular complexity index is 1490. The van der Waals surface area contributed by atoms with Gasteiger partial charge in [0.25, 0.3) is 12.9 Å². The second-order valence-corrected chi connectivity index (χ2v) is 11.9. The van der Waals surface area contributed by atoms with Crippen LogP contribution < -0.4 is 10.7 Å². The number of aryl methyl sites for hydroxylation is 1. The van der Waals surface area contributed by atoms with E-state index in [2.05, 4.69) is 34.0 Å². The number of anilines is 1. The summed E-state index contributed by atoms with van der Waals surface area (Å²) < 4.78 is 53.6. The number of carbonyl (C=O) groups excluding carboxylic acids is 2. The van der Waals surface area contributed by atoms with Gasteiger partial charge in [-0.05, 0) is 79.2 Å². The van der Waals surface area contributed by atoms with Crippen molar-refractivity contribution in [2.24, 2.45) is 11.8 Å². The number of hydrogen-bond acceptors (Lipinski definition) is 4. The highest BCUT2D eigenvalue weighted by molar-refractivity contribution is 5.77. The van der Waals surface area contributed by atoms with Gasteiger partial charge in [-0.1, -0.05) is 42.5 Å². The Morgan fingerprint density at radius 1 is 0.932 bits per heavy atom. The van der Waals surface area contributed by atoms with E-state index in [9.17, 15) is 27.2 Å². The van der Waals surface area contributed by atoms with Crippen LogP contribution in [0.1, 0.15) is 72.7 Å². The quantitative estimate of drug-likeness (QED) is 0.321. The molecule has 0 saturated carbocycles. The first-order chi connectivity index (χ1) is 21.3. The fourth-order valence-corrected chi connectivity index (χ4v) is 6.87. The van der Waals surface area contributed by atoms with Gasteiger partial charge in [0.15, 0.2) is 0 Å². The number of piperidine rings is 1. The Labute approximate surface area is 253 Å². The predicted molar refractivity (Wildman–Crippen MR) is 156 cm³/mol. The zero-order valence-electron chi connectivity index (χ0n) is 24.3. The average Bonchev–Trinajstić information content (AvgIpc) is 3.35. The number of nitrogens with one attached hydrogen (secondary N) is 2. The summed E-state index contributed by atoms with van der Waals surface area (Å²) in [6.07, 6.45) is -1.02. The average molecular weight is 613 g/mol. The Kier molecular flexibility index (Phi) is 8.76. The minimum absolute atomic E-state index is 0.0578. The van der Waals surface area contributed by atoms with Gasteiger partial charge in [-0.3, -0.25) is 14.9 Å². The number of carbonyl (C=O) groups is 2. The minimum atomic E-state index is -3.02. The van der Waals surface area contributed by atoms with Gasteiger partial charge in [0.2, 0.25) is 5.91 Å². The molecule has 1 fully saturated rings. The van der Waals surface area contributed by atoms with Crippen LogP contribution >= 0.6 is 0 Å². The Balaban J connectivity index is 1.12. The van der Waals surface area contributed by atoms with Crippen molar-refractivity contribution in [3.8, 4) is 0 Å². The second kappa shape index (κ2) is 12.9. The summed E-state index contributed by atoms with van der Waals surface area (Å²) in [6, 6.07) is 16.6. The van der Waals surface area contributed by atoms with Crippen LogP contribution in [0.25, 0.3) is 0 Å². The summed E-state index contributed by atoms with van der Waals surface area (Å²) in [5.74, 6) is -0.0988. The number of rotatable bonds is 6. The number of hydrogen-bond donors (Lipinski definition) is 2. The third kappa shape index (κ3) is 6.39. The molecular formula is C32H36F4N6O2. The zero-order valence-corrected chi connectivity index (χ0v) is 24.3. The maximum atomic E-state index is 13.7. The van der Waals surface area contributed by atoms with Crippen LogP contribution in [0.3, 0.4) is 0 Å². The highest BCUT2D eigenvalue weighted by Gasteiger charge is 2.35. The summed E-state index contributed by atoms with van der Waals surface area (Å²) >= 11 is 0. The number of hydrazine groups is 1. The van der Waals surface area contributed by atoms with Gasteiger partial charge in [0.05, 0.1) is 11.7 Å². The number of alkyl halides is 4. The number of likely N-dealkylation sites (tertiary alicyclic amines) is 1. The van der Waals surface area contributed by atoms with E-state index in [0.717, 1.165) is 42.5 Å². The molecule has 2 aromatic carbocycles. The SMILES string of the molecule is O=C(Cn1nc(C(F)F)cc1C(F)F)N1CCC(C2Cc3ccccc3NN(C(=O)NC3CCCc4ccccc43)C2)CC1. The molecule has 1 aliphatic carbocycles. The molecule has 2 N–H and O–H groups in total. The van der Waals surface area contributed by atoms with E-state index < -0.39 is 36.7 Å². The lowest BCUT2D eigenvalue weighted by atomic mass is 9.80. The molecule has 0 radical (unpaired) electrons. The molecular weight excluding hydrogens is 576 g/mol. The lowest BCUT2D eigenvalue weighted by molar-refractivity contribution is -0.133. The lowest BCUT2D eigenvalue weighted by Gasteiger charge is -2.37. The number of nitrogens with zero attached hydrogens (tertiary/aromatic N) is 4. The molecule has 3 amide bonds. The highest BCUT2D eigenvalue weighted by Crippen LogP contribution is 2.35. The molecule has 2 aliphatic heterocycles.